The fraction of sp³-hybridized carbons (Fsp3) is 0.524. The summed E-state index contributed by atoms with van der Waals surface area (Å²) in [6, 6.07) is 0. The minimum atomic E-state index is -0.220. The Morgan fingerprint density at radius 1 is 1.23 bits per heavy atom. The number of carbonyl (C=O) groups excluding carboxylic acids is 1. The smallest absolute Gasteiger partial charge is 0.259 e. The van der Waals surface area contributed by atoms with Crippen molar-refractivity contribution in [2.24, 2.45) is 0 Å². The lowest BCUT2D eigenvalue weighted by Gasteiger charge is -2.11. The molecule has 30 heavy (non-hydrogen) atoms. The van der Waals surface area contributed by atoms with Gasteiger partial charge in [0.1, 0.15) is 10.7 Å². The molecule has 0 saturated heterocycles. The largest absolute Gasteiger partial charge is 0.355 e. The maximum absolute atomic E-state index is 12.4. The number of thiophene rings is 1. The molecule has 0 fully saturated rings. The van der Waals surface area contributed by atoms with Crippen LogP contribution in [0.25, 0.3) is 10.2 Å². The maximum Gasteiger partial charge on any atom is 0.259 e. The zero-order valence-electron chi connectivity index (χ0n) is 17.5. The molecule has 1 aliphatic carbocycles. The van der Waals surface area contributed by atoms with Gasteiger partial charge in [-0.25, -0.2) is 9.97 Å². The molecule has 0 radical (unpaired) electrons. The number of aromatic amines is 1. The number of H-pyrrole nitrogens is 1. The fourth-order valence-corrected chi connectivity index (χ4v) is 6.58. The number of nitrogens with zero attached hydrogens (tertiary/aromatic N) is 2. The van der Waals surface area contributed by atoms with Crippen LogP contribution in [0, 0.1) is 13.8 Å². The molecule has 2 N–H and O–H groups in total. The van der Waals surface area contributed by atoms with Crippen molar-refractivity contribution in [1.82, 2.24) is 20.3 Å². The molecule has 0 bridgehead atoms. The Morgan fingerprint density at radius 2 is 2.03 bits per heavy atom. The number of thiazole rings is 1. The van der Waals surface area contributed by atoms with Crippen LogP contribution in [0.15, 0.2) is 4.79 Å². The average molecular weight is 463 g/mol. The second kappa shape index (κ2) is 9.20. The van der Waals surface area contributed by atoms with E-state index in [2.05, 4.69) is 15.3 Å². The summed E-state index contributed by atoms with van der Waals surface area (Å²) in [6.07, 6.45) is 5.53. The Morgan fingerprint density at radius 3 is 2.83 bits per heavy atom. The Kier molecular flexibility index (Phi) is 6.60. The van der Waals surface area contributed by atoms with Gasteiger partial charge in [-0.15, -0.1) is 34.4 Å². The summed E-state index contributed by atoms with van der Waals surface area (Å²) >= 11 is 4.82. The number of aryl methyl sites for hydroxylation is 4. The lowest BCUT2D eigenvalue weighted by atomic mass is 10.0. The molecule has 6 nitrogen and oxygen atoms in total. The van der Waals surface area contributed by atoms with Crippen molar-refractivity contribution in [2.45, 2.75) is 63.9 Å². The zero-order valence-corrected chi connectivity index (χ0v) is 19.9. The first-order chi connectivity index (χ1) is 14.4. The number of fused-ring (bicyclic) bond motifs is 2. The highest BCUT2D eigenvalue weighted by Gasteiger charge is 2.17. The third-order valence-electron chi connectivity index (χ3n) is 5.46. The number of rotatable bonds is 7. The highest BCUT2D eigenvalue weighted by atomic mass is 32.2. The molecular weight excluding hydrogens is 436 g/mol. The molecule has 3 aromatic rings. The van der Waals surface area contributed by atoms with E-state index < -0.39 is 0 Å². The van der Waals surface area contributed by atoms with Gasteiger partial charge in [0, 0.05) is 22.7 Å². The predicted octanol–water partition coefficient (Wildman–Crippen LogP) is 3.92. The molecule has 0 saturated carbocycles. The van der Waals surface area contributed by atoms with Gasteiger partial charge >= 0.3 is 0 Å². The van der Waals surface area contributed by atoms with Gasteiger partial charge in [0.05, 0.1) is 27.1 Å². The zero-order chi connectivity index (χ0) is 21.3. The van der Waals surface area contributed by atoms with E-state index in [-0.39, 0.29) is 16.7 Å². The summed E-state index contributed by atoms with van der Waals surface area (Å²) in [6.45, 7) is 6.44. The van der Waals surface area contributed by atoms with Crippen LogP contribution in [-0.2, 0) is 29.8 Å². The summed E-state index contributed by atoms with van der Waals surface area (Å²) < 4.78 is 0. The highest BCUT2D eigenvalue weighted by molar-refractivity contribution is 7.99. The van der Waals surface area contributed by atoms with E-state index >= 15 is 0 Å². The Bertz CT molecular complexity index is 1110. The first kappa shape index (κ1) is 21.5. The fourth-order valence-electron chi connectivity index (χ4n) is 3.60. The third kappa shape index (κ3) is 4.63. The minimum Gasteiger partial charge on any atom is -0.355 e. The Hall–Kier alpha value is -1.71. The predicted molar refractivity (Wildman–Crippen MR) is 126 cm³/mol. The van der Waals surface area contributed by atoms with Crippen LogP contribution in [0.4, 0.5) is 0 Å². The quantitative estimate of drug-likeness (QED) is 0.556. The summed E-state index contributed by atoms with van der Waals surface area (Å²) in [7, 11) is 0. The summed E-state index contributed by atoms with van der Waals surface area (Å²) in [5, 5.41) is 4.60. The number of nitrogens with one attached hydrogen (secondary N) is 2. The van der Waals surface area contributed by atoms with Crippen molar-refractivity contribution in [3.05, 3.63) is 42.2 Å². The lowest BCUT2D eigenvalue weighted by Crippen LogP contribution is -2.32. The van der Waals surface area contributed by atoms with Gasteiger partial charge in [0.15, 0.2) is 0 Å². The summed E-state index contributed by atoms with van der Waals surface area (Å²) in [4.78, 5) is 40.3. The number of hydrogen-bond donors (Lipinski definition) is 2. The molecule has 160 valence electrons. The molecule has 3 aromatic heterocycles. The Balaban J connectivity index is 1.28. The third-order valence-corrected chi connectivity index (χ3v) is 8.93. The van der Waals surface area contributed by atoms with Crippen LogP contribution in [0.5, 0.6) is 0 Å². The van der Waals surface area contributed by atoms with E-state index in [1.54, 1.807) is 22.7 Å². The monoisotopic (exact) mass is 462 g/mol. The molecule has 1 unspecified atom stereocenters. The van der Waals surface area contributed by atoms with E-state index in [1.165, 1.54) is 35.2 Å². The van der Waals surface area contributed by atoms with Crippen LogP contribution in [0.1, 0.15) is 51.6 Å². The van der Waals surface area contributed by atoms with Crippen LogP contribution < -0.4 is 10.9 Å². The molecule has 1 amide bonds. The number of hydrogen-bond acceptors (Lipinski definition) is 7. The number of aromatic nitrogens is 3. The standard InChI is InChI=1S/C21H26N4O2S3/c1-11-12(2)29-21-18(11)20(27)24-16(25-21)10-28-13(3)19(26)22-9-8-17-23-14-6-4-5-7-15(14)30-17/h13H,4-10H2,1-3H3,(H,22,26)(H,24,25,27). The summed E-state index contributed by atoms with van der Waals surface area (Å²) in [5.41, 5.74) is 2.17. The molecule has 9 heteroatoms. The van der Waals surface area contributed by atoms with E-state index in [9.17, 15) is 9.59 Å². The first-order valence-electron chi connectivity index (χ1n) is 10.3. The number of thioether (sulfide) groups is 1. The normalized spacial score (nSPS) is 14.6. The number of amides is 1. The van der Waals surface area contributed by atoms with Crippen molar-refractivity contribution in [3.63, 3.8) is 0 Å². The minimum absolute atomic E-state index is 0.00700. The maximum atomic E-state index is 12.4. The topological polar surface area (TPSA) is 87.7 Å². The van der Waals surface area contributed by atoms with Crippen LogP contribution >= 0.6 is 34.4 Å². The molecule has 1 aliphatic rings. The van der Waals surface area contributed by atoms with Gasteiger partial charge in [0.2, 0.25) is 5.91 Å². The molecule has 1 atom stereocenters. The number of carbonyl (C=O) groups is 1. The SMILES string of the molecule is Cc1sc2nc(CSC(C)C(=O)NCCc3nc4c(s3)CCCC4)[nH]c(=O)c2c1C. The van der Waals surface area contributed by atoms with Gasteiger partial charge in [-0.3, -0.25) is 9.59 Å². The van der Waals surface area contributed by atoms with Crippen LogP contribution in [-0.4, -0.2) is 32.7 Å². The lowest BCUT2D eigenvalue weighted by molar-refractivity contribution is -0.120. The molecule has 3 heterocycles. The molecule has 4 rings (SSSR count). The highest BCUT2D eigenvalue weighted by Crippen LogP contribution is 2.27. The van der Waals surface area contributed by atoms with Gasteiger partial charge in [-0.2, -0.15) is 0 Å². The van der Waals surface area contributed by atoms with Gasteiger partial charge in [-0.05, 0) is 52.0 Å². The molecule has 0 aromatic carbocycles. The molecule has 0 aliphatic heterocycles. The second-order valence-corrected chi connectivity index (χ2v) is 11.4. The summed E-state index contributed by atoms with van der Waals surface area (Å²) in [5.74, 6) is 1.12. The van der Waals surface area contributed by atoms with Crippen molar-refractivity contribution in [2.75, 3.05) is 6.54 Å². The van der Waals surface area contributed by atoms with Gasteiger partial charge in [-0.1, -0.05) is 0 Å². The second-order valence-electron chi connectivity index (χ2n) is 7.65. The average Bonchev–Trinajstić information content (AvgIpc) is 3.26. The van der Waals surface area contributed by atoms with Crippen molar-refractivity contribution in [1.29, 1.82) is 0 Å². The van der Waals surface area contributed by atoms with E-state index in [1.807, 2.05) is 20.8 Å². The van der Waals surface area contributed by atoms with Gasteiger partial charge < -0.3 is 10.3 Å². The Labute approximate surface area is 187 Å². The van der Waals surface area contributed by atoms with E-state index in [0.29, 0.717) is 23.5 Å². The molecule has 0 spiro atoms. The van der Waals surface area contributed by atoms with Crippen molar-refractivity contribution < 1.29 is 4.79 Å². The van der Waals surface area contributed by atoms with Crippen LogP contribution in [0.2, 0.25) is 0 Å². The molecular formula is C21H26N4O2S3. The first-order valence-corrected chi connectivity index (χ1v) is 13.0. The van der Waals surface area contributed by atoms with Crippen molar-refractivity contribution >= 4 is 50.6 Å². The van der Waals surface area contributed by atoms with Gasteiger partial charge in [0.25, 0.3) is 5.56 Å². The van der Waals surface area contributed by atoms with Crippen LogP contribution in [0.3, 0.4) is 0 Å². The van der Waals surface area contributed by atoms with Crippen molar-refractivity contribution in [3.8, 4) is 0 Å². The van der Waals surface area contributed by atoms with E-state index in [4.69, 9.17) is 4.98 Å². The van der Waals surface area contributed by atoms with E-state index in [0.717, 1.165) is 39.5 Å².